The number of alkyl carbamates (subject to hydrolysis) is 1. The highest BCUT2D eigenvalue weighted by Gasteiger charge is 2.52. The first-order valence-electron chi connectivity index (χ1n) is 10.0. The molecule has 1 atom stereocenters. The minimum atomic E-state index is -1.27. The number of carbonyl (C=O) groups is 2. The van der Waals surface area contributed by atoms with Crippen LogP contribution in [0.1, 0.15) is 54.0 Å². The zero-order valence-corrected chi connectivity index (χ0v) is 19.4. The van der Waals surface area contributed by atoms with Gasteiger partial charge in [-0.25, -0.2) is 9.59 Å². The summed E-state index contributed by atoms with van der Waals surface area (Å²) in [4.78, 5) is 23.8. The van der Waals surface area contributed by atoms with Gasteiger partial charge in [0.25, 0.3) is 0 Å². The van der Waals surface area contributed by atoms with Crippen molar-refractivity contribution in [3.63, 3.8) is 0 Å². The van der Waals surface area contributed by atoms with E-state index >= 15 is 0 Å². The summed E-state index contributed by atoms with van der Waals surface area (Å²) in [6, 6.07) is 1.77. The maximum atomic E-state index is 12.0. The molecule has 1 amide bonds. The molecule has 0 bridgehead atoms. The maximum Gasteiger partial charge on any atom is 0.498 e. The third-order valence-electron chi connectivity index (χ3n) is 5.30. The number of hydrogen-bond donors (Lipinski definition) is 3. The molecule has 1 aromatic rings. The fourth-order valence-electron chi connectivity index (χ4n) is 3.07. The van der Waals surface area contributed by atoms with Crippen molar-refractivity contribution in [3.8, 4) is 11.5 Å². The van der Waals surface area contributed by atoms with Gasteiger partial charge >= 0.3 is 19.2 Å². The van der Waals surface area contributed by atoms with Crippen LogP contribution in [0.2, 0.25) is 0 Å². The van der Waals surface area contributed by atoms with E-state index in [1.54, 1.807) is 26.8 Å². The number of aliphatic carboxylic acids is 1. The predicted molar refractivity (Wildman–Crippen MR) is 115 cm³/mol. The van der Waals surface area contributed by atoms with Crippen molar-refractivity contribution >= 4 is 24.6 Å². The number of carboxylic acids is 1. The van der Waals surface area contributed by atoms with Crippen molar-refractivity contribution < 1.29 is 38.6 Å². The molecule has 0 saturated carbocycles. The zero-order chi connectivity index (χ0) is 23.8. The van der Waals surface area contributed by atoms with E-state index in [-0.39, 0.29) is 17.9 Å². The Kier molecular flexibility index (Phi) is 6.87. The van der Waals surface area contributed by atoms with E-state index < -0.39 is 42.0 Å². The third kappa shape index (κ3) is 5.83. The normalized spacial score (nSPS) is 18.4. The molecule has 10 heteroatoms. The number of methoxy groups -OCH3 is 1. The van der Waals surface area contributed by atoms with Crippen LogP contribution in [0, 0.1) is 0 Å². The van der Waals surface area contributed by atoms with Gasteiger partial charge in [-0.2, -0.15) is 0 Å². The average molecular weight is 437 g/mol. The third-order valence-corrected chi connectivity index (χ3v) is 5.30. The van der Waals surface area contributed by atoms with Gasteiger partial charge in [-0.05, 0) is 60.1 Å². The number of phenolic OH excluding ortho intramolecular Hbond substituents is 1. The molecule has 0 radical (unpaired) electrons. The Bertz CT molecular complexity index is 831. The molecule has 1 heterocycles. The predicted octanol–water partition coefficient (Wildman–Crippen LogP) is 2.22. The van der Waals surface area contributed by atoms with E-state index in [1.165, 1.54) is 13.2 Å². The van der Waals surface area contributed by atoms with Gasteiger partial charge in [-0.3, -0.25) is 0 Å². The molecule has 1 saturated heterocycles. The summed E-state index contributed by atoms with van der Waals surface area (Å²) in [5.41, 5.74) is -1.12. The van der Waals surface area contributed by atoms with Crippen LogP contribution in [-0.4, -0.2) is 59.3 Å². The lowest BCUT2D eigenvalue weighted by atomic mass is 9.77. The summed E-state index contributed by atoms with van der Waals surface area (Å²) in [7, 11) is 0.584. The van der Waals surface area contributed by atoms with Gasteiger partial charge < -0.3 is 34.3 Å². The van der Waals surface area contributed by atoms with E-state index in [0.29, 0.717) is 11.0 Å². The van der Waals surface area contributed by atoms with E-state index in [1.807, 2.05) is 27.7 Å². The van der Waals surface area contributed by atoms with Gasteiger partial charge in [-0.15, -0.1) is 0 Å². The molecular weight excluding hydrogens is 405 g/mol. The number of phenols is 1. The smallest absolute Gasteiger partial charge is 0.498 e. The summed E-state index contributed by atoms with van der Waals surface area (Å²) >= 11 is 0. The minimum Gasteiger partial charge on any atom is -0.504 e. The molecule has 9 nitrogen and oxygen atoms in total. The number of rotatable bonds is 6. The maximum absolute atomic E-state index is 12.0. The first kappa shape index (κ1) is 24.8. The van der Waals surface area contributed by atoms with Crippen LogP contribution in [0.4, 0.5) is 4.79 Å². The molecule has 0 unspecified atom stereocenters. The summed E-state index contributed by atoms with van der Waals surface area (Å²) in [5, 5.41) is 22.4. The Morgan fingerprint density at radius 3 is 2.16 bits per heavy atom. The molecule has 3 N–H and O–H groups in total. The van der Waals surface area contributed by atoms with Crippen LogP contribution in [0.25, 0.3) is 0 Å². The van der Waals surface area contributed by atoms with Crippen molar-refractivity contribution in [2.24, 2.45) is 0 Å². The number of carbonyl (C=O) groups excluding carboxylic acids is 1. The van der Waals surface area contributed by atoms with E-state index in [4.69, 9.17) is 18.8 Å². The van der Waals surface area contributed by atoms with Crippen LogP contribution in [-0.2, 0) is 25.3 Å². The fourth-order valence-corrected chi connectivity index (χ4v) is 3.07. The highest BCUT2D eigenvalue weighted by molar-refractivity contribution is 6.63. The van der Waals surface area contributed by atoms with E-state index in [0.717, 1.165) is 0 Å². The van der Waals surface area contributed by atoms with Crippen LogP contribution in [0.5, 0.6) is 11.5 Å². The Morgan fingerprint density at radius 1 is 1.16 bits per heavy atom. The van der Waals surface area contributed by atoms with Gasteiger partial charge in [-0.1, -0.05) is 6.07 Å². The molecule has 1 aliphatic rings. The summed E-state index contributed by atoms with van der Waals surface area (Å²) < 4.78 is 22.6. The van der Waals surface area contributed by atoms with Crippen molar-refractivity contribution in [2.75, 3.05) is 7.11 Å². The fraction of sp³-hybridized carbons (Fsp3) is 0.619. The Balaban J connectivity index is 2.33. The first-order valence-corrected chi connectivity index (χ1v) is 10.0. The number of ether oxygens (including phenoxy) is 2. The molecule has 2 rings (SSSR count). The minimum absolute atomic E-state index is 0.0986. The number of nitrogens with one attached hydrogen (secondary N) is 1. The second-order valence-corrected chi connectivity index (χ2v) is 9.57. The van der Waals surface area contributed by atoms with E-state index in [2.05, 4.69) is 5.32 Å². The zero-order valence-electron chi connectivity index (χ0n) is 19.4. The molecule has 0 aromatic heterocycles. The van der Waals surface area contributed by atoms with Crippen molar-refractivity contribution in [1.29, 1.82) is 0 Å². The Labute approximate surface area is 183 Å². The summed E-state index contributed by atoms with van der Waals surface area (Å²) in [6.07, 6.45) is -0.942. The van der Waals surface area contributed by atoms with Crippen LogP contribution in [0.3, 0.4) is 0 Å². The second-order valence-electron chi connectivity index (χ2n) is 9.57. The van der Waals surface area contributed by atoms with Gasteiger partial charge in [0.1, 0.15) is 11.6 Å². The molecule has 1 aromatic carbocycles. The number of benzene rings is 1. The van der Waals surface area contributed by atoms with Gasteiger partial charge in [0, 0.05) is 11.9 Å². The van der Waals surface area contributed by atoms with Crippen molar-refractivity contribution in [3.05, 3.63) is 17.7 Å². The van der Waals surface area contributed by atoms with Crippen molar-refractivity contribution in [1.82, 2.24) is 5.32 Å². The highest BCUT2D eigenvalue weighted by atomic mass is 16.7. The lowest BCUT2D eigenvalue weighted by Crippen LogP contribution is -2.45. The van der Waals surface area contributed by atoms with Gasteiger partial charge in [0.05, 0.1) is 18.3 Å². The summed E-state index contributed by atoms with van der Waals surface area (Å²) in [6.45, 7) is 12.6. The largest absolute Gasteiger partial charge is 0.504 e. The van der Waals surface area contributed by atoms with Crippen LogP contribution >= 0.6 is 0 Å². The SMILES string of the molecule is COc1c(O)cc(C[C@H](NC(=O)OC(C)(C)C)C(=O)O)cc1B1OC(C)(C)C(C)(C)O1. The standard InChI is InChI=1S/C21H32BNO8/c1-19(2,3)29-18(27)23-14(17(25)26)10-12-9-13(16(28-8)15(24)11-12)22-30-20(4,5)21(6,7)31-22/h9,11,14,24H,10H2,1-8H3,(H,23,27)(H,25,26)/t14-/m0/s1. The molecule has 31 heavy (non-hydrogen) atoms. The van der Waals surface area contributed by atoms with Crippen molar-refractivity contribution in [2.45, 2.75) is 77.7 Å². The number of carboxylic acid groups (broad SMARTS) is 1. The molecule has 0 aliphatic carbocycles. The van der Waals surface area contributed by atoms with Gasteiger partial charge in [0.15, 0.2) is 11.5 Å². The van der Waals surface area contributed by atoms with Crippen LogP contribution in [0.15, 0.2) is 12.1 Å². The second kappa shape index (κ2) is 8.59. The van der Waals surface area contributed by atoms with Gasteiger partial charge in [0.2, 0.25) is 0 Å². The lowest BCUT2D eigenvalue weighted by Gasteiger charge is -2.32. The van der Waals surface area contributed by atoms with Crippen LogP contribution < -0.4 is 15.5 Å². The highest BCUT2D eigenvalue weighted by Crippen LogP contribution is 2.38. The molecule has 1 aliphatic heterocycles. The molecule has 0 spiro atoms. The van der Waals surface area contributed by atoms with E-state index in [9.17, 15) is 19.8 Å². The number of amides is 1. The first-order chi connectivity index (χ1) is 14.1. The quantitative estimate of drug-likeness (QED) is 0.579. The Morgan fingerprint density at radius 2 is 1.71 bits per heavy atom. The average Bonchev–Trinajstić information content (AvgIpc) is 2.79. The number of aromatic hydroxyl groups is 1. The number of hydrogen-bond acceptors (Lipinski definition) is 7. The monoisotopic (exact) mass is 437 g/mol. The Hall–Kier alpha value is -2.46. The molecule has 172 valence electrons. The lowest BCUT2D eigenvalue weighted by molar-refractivity contribution is -0.139. The summed E-state index contributed by atoms with van der Waals surface area (Å²) in [5.74, 6) is -1.25. The molecule has 1 fully saturated rings. The topological polar surface area (TPSA) is 124 Å². The molecular formula is C21H32BNO8.